The van der Waals surface area contributed by atoms with Crippen LogP contribution in [-0.4, -0.2) is 73.6 Å². The fraction of sp³-hybridized carbons (Fsp3) is 0.368. The van der Waals surface area contributed by atoms with Crippen LogP contribution in [0, 0.1) is 5.82 Å². The van der Waals surface area contributed by atoms with Crippen LogP contribution in [0.3, 0.4) is 0 Å². The van der Waals surface area contributed by atoms with Crippen LogP contribution in [0.5, 0.6) is 0 Å². The van der Waals surface area contributed by atoms with Crippen molar-refractivity contribution in [3.8, 4) is 5.69 Å². The van der Waals surface area contributed by atoms with E-state index < -0.39 is 15.8 Å². The zero-order valence-electron chi connectivity index (χ0n) is 16.0. The molecular formula is C19H23FN4O4S. The zero-order valence-corrected chi connectivity index (χ0v) is 16.9. The molecule has 0 unspecified atom stereocenters. The zero-order chi connectivity index (χ0) is 21.0. The van der Waals surface area contributed by atoms with Crippen LogP contribution in [0.15, 0.2) is 47.4 Å². The number of hydrogen-bond donors (Lipinski definition) is 1. The largest absolute Gasteiger partial charge is 0.351 e. The van der Waals surface area contributed by atoms with Crippen LogP contribution >= 0.6 is 0 Å². The minimum Gasteiger partial charge on any atom is -0.351 e. The Balaban J connectivity index is 1.56. The number of carbonyl (C=O) groups is 1. The number of carbonyl (C=O) groups excluding carboxylic acids is 1. The fourth-order valence-corrected chi connectivity index (χ4v) is 3.97. The molecule has 0 spiro atoms. The van der Waals surface area contributed by atoms with Gasteiger partial charge in [0.1, 0.15) is 5.82 Å². The number of hydrogen-bond acceptors (Lipinski definition) is 5. The first kappa shape index (κ1) is 21.2. The Morgan fingerprint density at radius 1 is 1.07 bits per heavy atom. The molecule has 1 fully saturated rings. The molecule has 1 aliphatic rings. The number of pyridine rings is 1. The summed E-state index contributed by atoms with van der Waals surface area (Å²) in [6.07, 6.45) is 2.63. The van der Waals surface area contributed by atoms with E-state index in [2.05, 4.69) is 10.2 Å². The molecule has 1 N–H and O–H groups in total. The van der Waals surface area contributed by atoms with Crippen molar-refractivity contribution in [3.05, 3.63) is 64.3 Å². The fourth-order valence-electron chi connectivity index (χ4n) is 3.14. The highest BCUT2D eigenvalue weighted by Crippen LogP contribution is 2.08. The van der Waals surface area contributed by atoms with Gasteiger partial charge in [0.05, 0.1) is 11.8 Å². The van der Waals surface area contributed by atoms with E-state index in [0.717, 1.165) is 0 Å². The second kappa shape index (κ2) is 8.85. The number of piperazine rings is 1. The highest BCUT2D eigenvalue weighted by molar-refractivity contribution is 7.88. The molecule has 2 aromatic rings. The average Bonchev–Trinajstić information content (AvgIpc) is 2.69. The first-order chi connectivity index (χ1) is 13.7. The van der Waals surface area contributed by atoms with Crippen LogP contribution in [-0.2, 0) is 10.0 Å². The molecule has 156 valence electrons. The van der Waals surface area contributed by atoms with Gasteiger partial charge < -0.3 is 5.32 Å². The molecule has 2 heterocycles. The number of halogens is 1. The number of sulfonamides is 1. The summed E-state index contributed by atoms with van der Waals surface area (Å²) in [5.41, 5.74) is 0.461. The number of benzene rings is 1. The number of amides is 1. The van der Waals surface area contributed by atoms with Crippen molar-refractivity contribution in [3.63, 3.8) is 0 Å². The van der Waals surface area contributed by atoms with Gasteiger partial charge in [0.15, 0.2) is 0 Å². The minimum absolute atomic E-state index is 0.316. The topological polar surface area (TPSA) is 91.7 Å². The average molecular weight is 422 g/mol. The molecule has 1 amide bonds. The van der Waals surface area contributed by atoms with Crippen molar-refractivity contribution in [1.82, 2.24) is 19.1 Å². The molecule has 29 heavy (non-hydrogen) atoms. The van der Waals surface area contributed by atoms with Crippen LogP contribution in [0.1, 0.15) is 10.4 Å². The first-order valence-corrected chi connectivity index (χ1v) is 11.0. The third-order valence-electron chi connectivity index (χ3n) is 4.79. The number of nitrogens with zero attached hydrogens (tertiary/aromatic N) is 3. The van der Waals surface area contributed by atoms with Crippen molar-refractivity contribution < 1.29 is 17.6 Å². The summed E-state index contributed by atoms with van der Waals surface area (Å²) >= 11 is 0. The maximum Gasteiger partial charge on any atom is 0.255 e. The van der Waals surface area contributed by atoms with Gasteiger partial charge in [-0.3, -0.25) is 19.1 Å². The number of aromatic nitrogens is 1. The molecule has 0 bridgehead atoms. The maximum absolute atomic E-state index is 13.1. The lowest BCUT2D eigenvalue weighted by atomic mass is 10.2. The van der Waals surface area contributed by atoms with E-state index >= 15 is 0 Å². The molecular weight excluding hydrogens is 399 g/mol. The van der Waals surface area contributed by atoms with Crippen molar-refractivity contribution in [2.45, 2.75) is 0 Å². The Morgan fingerprint density at radius 2 is 1.72 bits per heavy atom. The van der Waals surface area contributed by atoms with Gasteiger partial charge in [-0.15, -0.1) is 0 Å². The molecule has 8 nitrogen and oxygen atoms in total. The third kappa shape index (κ3) is 5.49. The van der Waals surface area contributed by atoms with E-state index in [1.54, 1.807) is 0 Å². The standard InChI is InChI=1S/C19H23FN4O4S/c1-29(27,28)23-12-10-22(11-13-23)9-8-21-19(26)15-2-7-18(25)24(14-15)17-5-3-16(20)4-6-17/h2-7,14H,8-13H2,1H3,(H,21,26). The minimum atomic E-state index is -3.16. The number of nitrogens with one attached hydrogen (secondary N) is 1. The van der Waals surface area contributed by atoms with E-state index in [1.807, 2.05) is 0 Å². The Bertz CT molecular complexity index is 1030. The Hall–Kier alpha value is -2.56. The van der Waals surface area contributed by atoms with Crippen LogP contribution < -0.4 is 10.9 Å². The molecule has 0 atom stereocenters. The lowest BCUT2D eigenvalue weighted by Crippen LogP contribution is -2.49. The molecule has 1 aromatic heterocycles. The van der Waals surface area contributed by atoms with Gasteiger partial charge in [-0.1, -0.05) is 0 Å². The summed E-state index contributed by atoms with van der Waals surface area (Å²) in [7, 11) is -3.16. The molecule has 1 saturated heterocycles. The molecule has 0 aliphatic carbocycles. The predicted molar refractivity (Wildman–Crippen MR) is 107 cm³/mol. The predicted octanol–water partition coefficient (Wildman–Crippen LogP) is 0.284. The lowest BCUT2D eigenvalue weighted by Gasteiger charge is -2.33. The smallest absolute Gasteiger partial charge is 0.255 e. The quantitative estimate of drug-likeness (QED) is 0.722. The molecule has 0 radical (unpaired) electrons. The molecule has 1 aliphatic heterocycles. The number of rotatable bonds is 6. The second-order valence-corrected chi connectivity index (χ2v) is 8.84. The monoisotopic (exact) mass is 422 g/mol. The highest BCUT2D eigenvalue weighted by Gasteiger charge is 2.23. The summed E-state index contributed by atoms with van der Waals surface area (Å²) in [5.74, 6) is -0.733. The Kier molecular flexibility index (Phi) is 6.46. The van der Waals surface area contributed by atoms with Gasteiger partial charge in [0.25, 0.3) is 11.5 Å². The van der Waals surface area contributed by atoms with E-state index in [4.69, 9.17) is 0 Å². The van der Waals surface area contributed by atoms with E-state index in [0.29, 0.717) is 50.5 Å². The molecule has 1 aromatic carbocycles. The van der Waals surface area contributed by atoms with Crippen molar-refractivity contribution in [2.24, 2.45) is 0 Å². The summed E-state index contributed by atoms with van der Waals surface area (Å²) < 4.78 is 38.9. The SMILES string of the molecule is CS(=O)(=O)N1CCN(CCNC(=O)c2ccc(=O)n(-c3ccc(F)cc3)c2)CC1. The molecule has 10 heteroatoms. The van der Waals surface area contributed by atoms with Gasteiger partial charge in [0.2, 0.25) is 10.0 Å². The van der Waals surface area contributed by atoms with Gasteiger partial charge in [-0.05, 0) is 30.3 Å². The van der Waals surface area contributed by atoms with Crippen LogP contribution in [0.2, 0.25) is 0 Å². The second-order valence-electron chi connectivity index (χ2n) is 6.86. The van der Waals surface area contributed by atoms with E-state index in [1.165, 1.54) is 57.7 Å². The molecule has 3 rings (SSSR count). The van der Waals surface area contributed by atoms with Crippen molar-refractivity contribution in [2.75, 3.05) is 45.5 Å². The van der Waals surface area contributed by atoms with Gasteiger partial charge in [-0.25, -0.2) is 12.8 Å². The van der Waals surface area contributed by atoms with Gasteiger partial charge >= 0.3 is 0 Å². The van der Waals surface area contributed by atoms with Crippen LogP contribution in [0.4, 0.5) is 4.39 Å². The lowest BCUT2D eigenvalue weighted by molar-refractivity contribution is 0.0944. The molecule has 0 saturated carbocycles. The summed E-state index contributed by atoms with van der Waals surface area (Å²) in [6.45, 7) is 3.09. The summed E-state index contributed by atoms with van der Waals surface area (Å²) in [6, 6.07) is 8.17. The van der Waals surface area contributed by atoms with E-state index in [9.17, 15) is 22.4 Å². The first-order valence-electron chi connectivity index (χ1n) is 9.18. The summed E-state index contributed by atoms with van der Waals surface area (Å²) in [4.78, 5) is 26.6. The van der Waals surface area contributed by atoms with Gasteiger partial charge in [-0.2, -0.15) is 4.31 Å². The Morgan fingerprint density at radius 3 is 2.34 bits per heavy atom. The summed E-state index contributed by atoms with van der Waals surface area (Å²) in [5, 5.41) is 2.81. The van der Waals surface area contributed by atoms with E-state index in [-0.39, 0.29) is 11.5 Å². The van der Waals surface area contributed by atoms with Crippen molar-refractivity contribution >= 4 is 15.9 Å². The van der Waals surface area contributed by atoms with Gasteiger partial charge in [0, 0.05) is 57.2 Å². The van der Waals surface area contributed by atoms with Crippen LogP contribution in [0.25, 0.3) is 5.69 Å². The highest BCUT2D eigenvalue weighted by atomic mass is 32.2. The maximum atomic E-state index is 13.1. The van der Waals surface area contributed by atoms with Crippen molar-refractivity contribution in [1.29, 1.82) is 0 Å². The Labute approximate surface area is 168 Å². The third-order valence-corrected chi connectivity index (χ3v) is 6.10. The normalized spacial score (nSPS) is 15.9.